The van der Waals surface area contributed by atoms with E-state index in [0.29, 0.717) is 30.8 Å². The average molecular weight is 263 g/mol. The van der Waals surface area contributed by atoms with Crippen molar-refractivity contribution in [2.24, 2.45) is 0 Å². The molecule has 4 N–H and O–H groups in total. The summed E-state index contributed by atoms with van der Waals surface area (Å²) in [4.78, 5) is 22.6. The number of rotatable bonds is 4. The summed E-state index contributed by atoms with van der Waals surface area (Å²) < 4.78 is 4.82. The highest BCUT2D eigenvalue weighted by molar-refractivity contribution is 5.95. The molecule has 1 aliphatic rings. The van der Waals surface area contributed by atoms with Gasteiger partial charge in [-0.05, 0) is 31.0 Å². The van der Waals surface area contributed by atoms with E-state index >= 15 is 0 Å². The summed E-state index contributed by atoms with van der Waals surface area (Å²) in [6, 6.07) is 3.57. The molecule has 2 rings (SSSR count). The average Bonchev–Trinajstić information content (AvgIpc) is 2.37. The molecule has 0 atom stereocenters. The molecule has 1 aromatic carbocycles. The van der Waals surface area contributed by atoms with Crippen LogP contribution in [0.4, 0.5) is 17.1 Å². The minimum atomic E-state index is -0.344. The topological polar surface area (TPSA) is 93.4 Å². The van der Waals surface area contributed by atoms with Crippen molar-refractivity contribution in [1.82, 2.24) is 0 Å². The first-order valence-electron chi connectivity index (χ1n) is 6.22. The molecule has 0 radical (unpaired) electrons. The lowest BCUT2D eigenvalue weighted by atomic mass is 10.0. The number of carbonyl (C=O) groups is 2. The number of fused-ring (bicyclic) bond motifs is 1. The van der Waals surface area contributed by atoms with E-state index in [0.717, 1.165) is 11.3 Å². The molecule has 0 aromatic heterocycles. The second-order valence-electron chi connectivity index (χ2n) is 4.30. The van der Waals surface area contributed by atoms with Crippen LogP contribution in [0.1, 0.15) is 18.9 Å². The Labute approximate surface area is 111 Å². The Hall–Kier alpha value is -2.24. The van der Waals surface area contributed by atoms with Crippen molar-refractivity contribution in [3.63, 3.8) is 0 Å². The number of esters is 1. The lowest BCUT2D eigenvalue weighted by Crippen LogP contribution is -2.21. The highest BCUT2D eigenvalue weighted by Crippen LogP contribution is 2.30. The Morgan fingerprint density at radius 1 is 1.47 bits per heavy atom. The highest BCUT2D eigenvalue weighted by atomic mass is 16.5. The van der Waals surface area contributed by atoms with Gasteiger partial charge in [0.1, 0.15) is 6.54 Å². The summed E-state index contributed by atoms with van der Waals surface area (Å²) in [6.45, 7) is 2.14. The third kappa shape index (κ3) is 3.15. The Kier molecular flexibility index (Phi) is 3.89. The maximum absolute atomic E-state index is 11.3. The molecule has 0 saturated heterocycles. The molecule has 0 fully saturated rings. The van der Waals surface area contributed by atoms with Crippen LogP contribution < -0.4 is 16.4 Å². The normalized spacial score (nSPS) is 13.4. The fourth-order valence-electron chi connectivity index (χ4n) is 1.98. The predicted molar refractivity (Wildman–Crippen MR) is 72.9 cm³/mol. The van der Waals surface area contributed by atoms with Gasteiger partial charge >= 0.3 is 5.97 Å². The monoisotopic (exact) mass is 263 g/mol. The molecule has 19 heavy (non-hydrogen) atoms. The van der Waals surface area contributed by atoms with E-state index in [1.54, 1.807) is 13.0 Å². The summed E-state index contributed by atoms with van der Waals surface area (Å²) in [5.74, 6) is -0.350. The van der Waals surface area contributed by atoms with E-state index < -0.39 is 0 Å². The standard InChI is InChI=1S/C13H17N3O3/c1-2-19-13(18)7-15-11-6-10-8(5-9(11)14)3-4-12(17)16-10/h5-6,15H,2-4,7,14H2,1H3,(H,16,17). The zero-order chi connectivity index (χ0) is 13.8. The minimum Gasteiger partial charge on any atom is -0.465 e. The molecular weight excluding hydrogens is 246 g/mol. The Morgan fingerprint density at radius 3 is 3.00 bits per heavy atom. The Bertz CT molecular complexity index is 514. The van der Waals surface area contributed by atoms with E-state index in [9.17, 15) is 9.59 Å². The molecule has 0 bridgehead atoms. The fraction of sp³-hybridized carbons (Fsp3) is 0.385. The van der Waals surface area contributed by atoms with Gasteiger partial charge in [-0.3, -0.25) is 9.59 Å². The first kappa shape index (κ1) is 13.2. The number of nitrogens with two attached hydrogens (primary N) is 1. The number of amides is 1. The van der Waals surface area contributed by atoms with Crippen LogP contribution in [0, 0.1) is 0 Å². The molecule has 1 amide bonds. The van der Waals surface area contributed by atoms with Crippen LogP contribution in [0.3, 0.4) is 0 Å². The van der Waals surface area contributed by atoms with Gasteiger partial charge in [0.25, 0.3) is 0 Å². The van der Waals surface area contributed by atoms with E-state index in [2.05, 4.69) is 10.6 Å². The van der Waals surface area contributed by atoms with E-state index in [-0.39, 0.29) is 18.4 Å². The van der Waals surface area contributed by atoms with Crippen molar-refractivity contribution in [2.75, 3.05) is 29.5 Å². The lowest BCUT2D eigenvalue weighted by molar-refractivity contribution is -0.140. The first-order valence-corrected chi connectivity index (χ1v) is 6.22. The molecule has 102 valence electrons. The molecule has 0 aliphatic carbocycles. The maximum Gasteiger partial charge on any atom is 0.325 e. The number of nitrogen functional groups attached to an aromatic ring is 1. The van der Waals surface area contributed by atoms with Gasteiger partial charge in [-0.1, -0.05) is 0 Å². The van der Waals surface area contributed by atoms with Crippen molar-refractivity contribution >= 4 is 28.9 Å². The number of benzene rings is 1. The number of anilines is 3. The number of nitrogens with one attached hydrogen (secondary N) is 2. The smallest absolute Gasteiger partial charge is 0.325 e. The number of aryl methyl sites for hydroxylation is 1. The van der Waals surface area contributed by atoms with Gasteiger partial charge in [0.05, 0.1) is 18.0 Å². The van der Waals surface area contributed by atoms with Crippen LogP contribution in [0.5, 0.6) is 0 Å². The molecule has 1 aliphatic heterocycles. The second kappa shape index (κ2) is 5.60. The molecule has 0 unspecified atom stereocenters. The summed E-state index contributed by atoms with van der Waals surface area (Å²) >= 11 is 0. The van der Waals surface area contributed by atoms with Gasteiger partial charge in [-0.25, -0.2) is 0 Å². The summed E-state index contributed by atoms with van der Waals surface area (Å²) in [5, 5.41) is 5.70. The molecule has 6 heteroatoms. The van der Waals surface area contributed by atoms with Crippen LogP contribution in [0.15, 0.2) is 12.1 Å². The van der Waals surface area contributed by atoms with Gasteiger partial charge in [0.2, 0.25) is 5.91 Å². The van der Waals surface area contributed by atoms with Gasteiger partial charge in [0.15, 0.2) is 0 Å². The quantitative estimate of drug-likeness (QED) is 0.559. The second-order valence-corrected chi connectivity index (χ2v) is 4.30. The maximum atomic E-state index is 11.3. The van der Waals surface area contributed by atoms with Crippen molar-refractivity contribution in [1.29, 1.82) is 0 Å². The Morgan fingerprint density at radius 2 is 2.26 bits per heavy atom. The Balaban J connectivity index is 2.11. The van der Waals surface area contributed by atoms with Gasteiger partial charge in [0, 0.05) is 12.1 Å². The van der Waals surface area contributed by atoms with E-state index in [1.807, 2.05) is 6.07 Å². The molecular formula is C13H17N3O3. The molecule has 0 spiro atoms. The number of hydrogen-bond acceptors (Lipinski definition) is 5. The third-order valence-electron chi connectivity index (χ3n) is 2.90. The molecule has 0 saturated carbocycles. The fourth-order valence-corrected chi connectivity index (χ4v) is 1.98. The van der Waals surface area contributed by atoms with Crippen molar-refractivity contribution in [3.05, 3.63) is 17.7 Å². The van der Waals surface area contributed by atoms with Gasteiger partial charge < -0.3 is 21.1 Å². The van der Waals surface area contributed by atoms with Crippen LogP contribution in [-0.4, -0.2) is 25.0 Å². The zero-order valence-electron chi connectivity index (χ0n) is 10.8. The first-order chi connectivity index (χ1) is 9.10. The van der Waals surface area contributed by atoms with Crippen LogP contribution >= 0.6 is 0 Å². The molecule has 6 nitrogen and oxygen atoms in total. The van der Waals surface area contributed by atoms with Crippen molar-refractivity contribution in [3.8, 4) is 0 Å². The van der Waals surface area contributed by atoms with Crippen LogP contribution in [0.2, 0.25) is 0 Å². The number of ether oxygens (including phenoxy) is 1. The van der Waals surface area contributed by atoms with Crippen molar-refractivity contribution in [2.45, 2.75) is 19.8 Å². The van der Waals surface area contributed by atoms with Crippen molar-refractivity contribution < 1.29 is 14.3 Å². The summed E-state index contributed by atoms with van der Waals surface area (Å²) in [7, 11) is 0. The minimum absolute atomic E-state index is 0.00591. The van der Waals surface area contributed by atoms with Gasteiger partial charge in [-0.2, -0.15) is 0 Å². The molecule has 1 aromatic rings. The summed E-state index contributed by atoms with van der Waals surface area (Å²) in [5.41, 5.74) is 8.85. The number of carbonyl (C=O) groups excluding carboxylic acids is 2. The highest BCUT2D eigenvalue weighted by Gasteiger charge is 2.16. The van der Waals surface area contributed by atoms with Crippen LogP contribution in [-0.2, 0) is 20.7 Å². The van der Waals surface area contributed by atoms with Crippen LogP contribution in [0.25, 0.3) is 0 Å². The van der Waals surface area contributed by atoms with Gasteiger partial charge in [-0.15, -0.1) is 0 Å². The molecule has 1 heterocycles. The third-order valence-corrected chi connectivity index (χ3v) is 2.90. The predicted octanol–water partition coefficient (Wildman–Crippen LogP) is 1.13. The van der Waals surface area contributed by atoms with E-state index in [1.165, 1.54) is 0 Å². The summed E-state index contributed by atoms with van der Waals surface area (Å²) in [6.07, 6.45) is 1.16. The zero-order valence-corrected chi connectivity index (χ0v) is 10.8. The lowest BCUT2D eigenvalue weighted by Gasteiger charge is -2.19. The SMILES string of the molecule is CCOC(=O)CNc1cc2c(cc1N)CCC(=O)N2. The number of hydrogen-bond donors (Lipinski definition) is 3. The largest absolute Gasteiger partial charge is 0.465 e. The van der Waals surface area contributed by atoms with E-state index in [4.69, 9.17) is 10.5 Å².